The normalized spacial score (nSPS) is 26.8. The fourth-order valence-electron chi connectivity index (χ4n) is 3.69. The van der Waals surface area contributed by atoms with Crippen LogP contribution in [0.4, 0.5) is 0 Å². The lowest BCUT2D eigenvalue weighted by Crippen LogP contribution is -2.58. The predicted octanol–water partition coefficient (Wildman–Crippen LogP) is 2.08. The van der Waals surface area contributed by atoms with Gasteiger partial charge < -0.3 is 10.6 Å². The zero-order chi connectivity index (χ0) is 15.2. The van der Waals surface area contributed by atoms with Gasteiger partial charge in [0.05, 0.1) is 6.54 Å². The first-order valence-electron chi connectivity index (χ1n) is 8.25. The number of likely N-dealkylation sites (N-methyl/N-ethyl adjacent to an activating group) is 2. The molecule has 1 fully saturated rings. The van der Waals surface area contributed by atoms with E-state index in [0.717, 1.165) is 32.5 Å². The van der Waals surface area contributed by atoms with Gasteiger partial charge in [-0.3, -0.25) is 9.69 Å². The second-order valence-corrected chi connectivity index (χ2v) is 6.21. The van der Waals surface area contributed by atoms with Crippen LogP contribution in [-0.2, 0) is 4.79 Å². The second-order valence-electron chi connectivity index (χ2n) is 6.21. The van der Waals surface area contributed by atoms with Gasteiger partial charge in [0.1, 0.15) is 0 Å². The first kappa shape index (κ1) is 17.4. The molecule has 4 nitrogen and oxygen atoms in total. The number of hydrogen-bond acceptors (Lipinski definition) is 3. The fraction of sp³-hybridized carbons (Fsp3) is 0.938. The summed E-state index contributed by atoms with van der Waals surface area (Å²) in [7, 11) is 0. The van der Waals surface area contributed by atoms with Crippen LogP contribution in [-0.4, -0.2) is 54.0 Å². The standard InChI is InChI=1S/C16H33N3O/c1-5-18(6-2)15(20)12-19(7-3)16(13-17)10-8-9-14(4)11-16/h14H,5-13,17H2,1-4H3. The smallest absolute Gasteiger partial charge is 0.236 e. The van der Waals surface area contributed by atoms with Crippen LogP contribution in [0.3, 0.4) is 0 Å². The summed E-state index contributed by atoms with van der Waals surface area (Å²) in [4.78, 5) is 16.7. The van der Waals surface area contributed by atoms with E-state index in [1.54, 1.807) is 0 Å². The third-order valence-corrected chi connectivity index (χ3v) is 4.94. The fourth-order valence-corrected chi connectivity index (χ4v) is 3.69. The Morgan fingerprint density at radius 3 is 2.35 bits per heavy atom. The summed E-state index contributed by atoms with van der Waals surface area (Å²) in [5, 5.41) is 0. The Kier molecular flexibility index (Phi) is 6.96. The SMILES string of the molecule is CCN(CC)C(=O)CN(CC)C1(CN)CCCC(C)C1. The van der Waals surface area contributed by atoms with Crippen LogP contribution >= 0.6 is 0 Å². The topological polar surface area (TPSA) is 49.6 Å². The summed E-state index contributed by atoms with van der Waals surface area (Å²) in [6, 6.07) is 0. The highest BCUT2D eigenvalue weighted by Crippen LogP contribution is 2.36. The number of rotatable bonds is 7. The van der Waals surface area contributed by atoms with Gasteiger partial charge in [0.2, 0.25) is 5.91 Å². The number of nitrogens with two attached hydrogens (primary N) is 1. The van der Waals surface area contributed by atoms with Gasteiger partial charge >= 0.3 is 0 Å². The number of hydrogen-bond donors (Lipinski definition) is 1. The van der Waals surface area contributed by atoms with Crippen LogP contribution in [0, 0.1) is 5.92 Å². The van der Waals surface area contributed by atoms with Crippen LogP contribution in [0.15, 0.2) is 0 Å². The van der Waals surface area contributed by atoms with Gasteiger partial charge in [-0.25, -0.2) is 0 Å². The third-order valence-electron chi connectivity index (χ3n) is 4.94. The molecule has 1 aliphatic rings. The van der Waals surface area contributed by atoms with Crippen molar-refractivity contribution in [3.63, 3.8) is 0 Å². The molecule has 1 rings (SSSR count). The van der Waals surface area contributed by atoms with Crippen molar-refractivity contribution in [2.75, 3.05) is 32.7 Å². The summed E-state index contributed by atoms with van der Waals surface area (Å²) in [6.45, 7) is 12.2. The van der Waals surface area contributed by atoms with Crippen molar-refractivity contribution >= 4 is 5.91 Å². The van der Waals surface area contributed by atoms with Crippen LogP contribution in [0.2, 0.25) is 0 Å². The van der Waals surface area contributed by atoms with E-state index in [-0.39, 0.29) is 11.4 Å². The number of nitrogens with zero attached hydrogens (tertiary/aromatic N) is 2. The van der Waals surface area contributed by atoms with E-state index in [4.69, 9.17) is 5.73 Å². The van der Waals surface area contributed by atoms with Gasteiger partial charge in [0.25, 0.3) is 0 Å². The van der Waals surface area contributed by atoms with E-state index in [1.165, 1.54) is 12.8 Å². The minimum atomic E-state index is 0.0369. The quantitative estimate of drug-likeness (QED) is 0.778. The average Bonchev–Trinajstić information content (AvgIpc) is 2.45. The van der Waals surface area contributed by atoms with Crippen molar-refractivity contribution in [1.29, 1.82) is 0 Å². The first-order valence-corrected chi connectivity index (χ1v) is 8.25. The lowest BCUT2D eigenvalue weighted by atomic mass is 9.75. The lowest BCUT2D eigenvalue weighted by Gasteiger charge is -2.47. The molecule has 0 spiro atoms. The molecule has 0 bridgehead atoms. The molecule has 1 amide bonds. The number of carbonyl (C=O) groups excluding carboxylic acids is 1. The Morgan fingerprint density at radius 1 is 1.25 bits per heavy atom. The molecule has 1 saturated carbocycles. The summed E-state index contributed by atoms with van der Waals surface area (Å²) in [6.07, 6.45) is 4.79. The molecule has 0 aromatic rings. The molecular weight excluding hydrogens is 250 g/mol. The van der Waals surface area contributed by atoms with Crippen molar-refractivity contribution in [1.82, 2.24) is 9.80 Å². The van der Waals surface area contributed by atoms with E-state index >= 15 is 0 Å². The first-order chi connectivity index (χ1) is 9.52. The molecule has 0 heterocycles. The van der Waals surface area contributed by atoms with Crippen LogP contribution in [0.5, 0.6) is 0 Å². The van der Waals surface area contributed by atoms with Crippen LogP contribution < -0.4 is 5.73 Å². The maximum absolute atomic E-state index is 12.4. The zero-order valence-corrected chi connectivity index (χ0v) is 13.8. The molecule has 20 heavy (non-hydrogen) atoms. The van der Waals surface area contributed by atoms with Crippen molar-refractivity contribution < 1.29 is 4.79 Å². The van der Waals surface area contributed by atoms with Gasteiger partial charge in [0, 0.05) is 25.2 Å². The number of carbonyl (C=O) groups is 1. The minimum absolute atomic E-state index is 0.0369. The molecule has 0 aromatic carbocycles. The van der Waals surface area contributed by atoms with E-state index < -0.39 is 0 Å². The molecule has 0 radical (unpaired) electrons. The monoisotopic (exact) mass is 283 g/mol. The Labute approximate surface area is 124 Å². The van der Waals surface area contributed by atoms with E-state index in [1.807, 2.05) is 18.7 Å². The molecule has 2 N–H and O–H groups in total. The highest BCUT2D eigenvalue weighted by Gasteiger charge is 2.39. The van der Waals surface area contributed by atoms with Gasteiger partial charge in [-0.15, -0.1) is 0 Å². The Balaban J connectivity index is 2.79. The third kappa shape index (κ3) is 3.95. The number of amides is 1. The van der Waals surface area contributed by atoms with Gasteiger partial charge in [-0.1, -0.05) is 26.7 Å². The molecule has 2 atom stereocenters. The van der Waals surface area contributed by atoms with E-state index in [2.05, 4.69) is 18.7 Å². The van der Waals surface area contributed by atoms with Gasteiger partial charge in [0.15, 0.2) is 0 Å². The molecular formula is C16H33N3O. The Bertz CT molecular complexity index is 304. The molecule has 118 valence electrons. The molecule has 0 saturated heterocycles. The van der Waals surface area contributed by atoms with Crippen molar-refractivity contribution in [3.8, 4) is 0 Å². The lowest BCUT2D eigenvalue weighted by molar-refractivity contribution is -0.134. The molecule has 1 aliphatic carbocycles. The minimum Gasteiger partial charge on any atom is -0.342 e. The average molecular weight is 283 g/mol. The van der Waals surface area contributed by atoms with Crippen molar-refractivity contribution in [2.45, 2.75) is 58.9 Å². The predicted molar refractivity (Wildman–Crippen MR) is 84.6 cm³/mol. The largest absolute Gasteiger partial charge is 0.342 e. The highest BCUT2D eigenvalue weighted by molar-refractivity contribution is 5.78. The van der Waals surface area contributed by atoms with Crippen molar-refractivity contribution in [2.24, 2.45) is 11.7 Å². The van der Waals surface area contributed by atoms with Gasteiger partial charge in [-0.05, 0) is 39.2 Å². The van der Waals surface area contributed by atoms with Crippen molar-refractivity contribution in [3.05, 3.63) is 0 Å². The summed E-state index contributed by atoms with van der Waals surface area (Å²) < 4.78 is 0. The summed E-state index contributed by atoms with van der Waals surface area (Å²) in [5.74, 6) is 0.952. The Morgan fingerprint density at radius 2 is 1.90 bits per heavy atom. The molecule has 2 unspecified atom stereocenters. The zero-order valence-electron chi connectivity index (χ0n) is 13.8. The van der Waals surface area contributed by atoms with Crippen LogP contribution in [0.25, 0.3) is 0 Å². The molecule has 0 aromatic heterocycles. The maximum atomic E-state index is 12.4. The van der Waals surface area contributed by atoms with Gasteiger partial charge in [-0.2, -0.15) is 0 Å². The second kappa shape index (κ2) is 7.99. The van der Waals surface area contributed by atoms with E-state index in [9.17, 15) is 4.79 Å². The van der Waals surface area contributed by atoms with E-state index in [0.29, 0.717) is 19.0 Å². The summed E-state index contributed by atoms with van der Waals surface area (Å²) in [5.41, 5.74) is 6.16. The summed E-state index contributed by atoms with van der Waals surface area (Å²) >= 11 is 0. The molecule has 4 heteroatoms. The highest BCUT2D eigenvalue weighted by atomic mass is 16.2. The van der Waals surface area contributed by atoms with Crippen LogP contribution in [0.1, 0.15) is 53.4 Å². The maximum Gasteiger partial charge on any atom is 0.236 e. The molecule has 0 aliphatic heterocycles. The Hall–Kier alpha value is -0.610.